The summed E-state index contributed by atoms with van der Waals surface area (Å²) in [5, 5.41) is 0.540. The molecular formula is C18H18N4O2. The first-order chi connectivity index (χ1) is 11.6. The lowest BCUT2D eigenvalue weighted by atomic mass is 10.1. The van der Waals surface area contributed by atoms with E-state index in [9.17, 15) is 9.59 Å². The number of aromatic nitrogens is 2. The van der Waals surface area contributed by atoms with Crippen LogP contribution in [0.1, 0.15) is 17.4 Å². The van der Waals surface area contributed by atoms with E-state index in [0.29, 0.717) is 23.3 Å². The molecule has 122 valence electrons. The number of fused-ring (bicyclic) bond motifs is 1. The van der Waals surface area contributed by atoms with Crippen molar-refractivity contribution in [3.05, 3.63) is 76.3 Å². The van der Waals surface area contributed by atoms with Gasteiger partial charge in [-0.2, -0.15) is 0 Å². The minimum absolute atomic E-state index is 0.195. The smallest absolute Gasteiger partial charge is 0.258 e. The van der Waals surface area contributed by atoms with E-state index in [4.69, 9.17) is 5.73 Å². The van der Waals surface area contributed by atoms with Gasteiger partial charge in [0.25, 0.3) is 5.56 Å². The quantitative estimate of drug-likeness (QED) is 0.746. The van der Waals surface area contributed by atoms with E-state index >= 15 is 0 Å². The number of nitrogens with one attached hydrogen (secondary N) is 1. The highest BCUT2D eigenvalue weighted by atomic mass is 16.1. The lowest BCUT2D eigenvalue weighted by Gasteiger charge is -2.25. The number of primary amides is 1. The van der Waals surface area contributed by atoms with Crippen LogP contribution in [0.4, 0.5) is 0 Å². The van der Waals surface area contributed by atoms with Crippen molar-refractivity contribution in [3.8, 4) is 0 Å². The molecule has 0 radical (unpaired) electrons. The summed E-state index contributed by atoms with van der Waals surface area (Å²) < 4.78 is 0. The average molecular weight is 322 g/mol. The van der Waals surface area contributed by atoms with E-state index in [0.717, 1.165) is 5.56 Å². The zero-order chi connectivity index (χ0) is 17.1. The summed E-state index contributed by atoms with van der Waals surface area (Å²) in [6, 6.07) is 15.8. The number of amides is 1. The number of nitrogens with two attached hydrogens (primary N) is 1. The molecule has 0 bridgehead atoms. The first kappa shape index (κ1) is 15.9. The first-order valence-corrected chi connectivity index (χ1v) is 7.58. The van der Waals surface area contributed by atoms with Gasteiger partial charge >= 0.3 is 0 Å². The number of aromatic amines is 1. The zero-order valence-electron chi connectivity index (χ0n) is 13.3. The molecule has 1 amide bonds. The van der Waals surface area contributed by atoms with E-state index < -0.39 is 11.9 Å². The normalized spacial score (nSPS) is 12.4. The van der Waals surface area contributed by atoms with Gasteiger partial charge in [-0.25, -0.2) is 4.98 Å². The third-order valence-corrected chi connectivity index (χ3v) is 3.89. The molecule has 1 aromatic heterocycles. The van der Waals surface area contributed by atoms with E-state index in [1.54, 1.807) is 30.1 Å². The predicted molar refractivity (Wildman–Crippen MR) is 92.2 cm³/mol. The molecule has 0 unspecified atom stereocenters. The fourth-order valence-corrected chi connectivity index (χ4v) is 2.81. The van der Waals surface area contributed by atoms with Crippen LogP contribution in [-0.2, 0) is 11.3 Å². The number of benzene rings is 2. The van der Waals surface area contributed by atoms with Crippen LogP contribution in [0.25, 0.3) is 10.9 Å². The standard InChI is InChI=1S/C18H18N4O2/c1-22(16(17(19)23)12-7-3-2-4-8-12)11-15-20-14-10-6-5-9-13(14)18(24)21-15/h2-10,16H,11H2,1H3,(H2,19,23)(H,20,21,24)/t16-/m1/s1. The number of rotatable bonds is 5. The largest absolute Gasteiger partial charge is 0.368 e. The molecule has 3 aromatic rings. The van der Waals surface area contributed by atoms with Crippen molar-refractivity contribution in [1.29, 1.82) is 0 Å². The summed E-state index contributed by atoms with van der Waals surface area (Å²) in [6.07, 6.45) is 0. The number of likely N-dealkylation sites (N-methyl/N-ethyl adjacent to an activating group) is 1. The molecule has 0 saturated carbocycles. The molecule has 0 aliphatic heterocycles. The summed E-state index contributed by atoms with van der Waals surface area (Å²) in [6.45, 7) is 0.294. The van der Waals surface area contributed by atoms with Crippen LogP contribution in [-0.4, -0.2) is 27.8 Å². The van der Waals surface area contributed by atoms with E-state index in [1.807, 2.05) is 36.4 Å². The van der Waals surface area contributed by atoms with Crippen LogP contribution in [0.3, 0.4) is 0 Å². The molecule has 0 aliphatic rings. The SMILES string of the molecule is CN(Cc1nc2ccccc2c(=O)[nH]1)[C@@H](C(N)=O)c1ccccc1. The highest BCUT2D eigenvalue weighted by molar-refractivity contribution is 5.81. The van der Waals surface area contributed by atoms with Gasteiger partial charge in [-0.3, -0.25) is 14.5 Å². The van der Waals surface area contributed by atoms with Crippen LogP contribution in [0.2, 0.25) is 0 Å². The molecule has 1 heterocycles. The molecule has 0 spiro atoms. The summed E-state index contributed by atoms with van der Waals surface area (Å²) >= 11 is 0. The topological polar surface area (TPSA) is 92.1 Å². The van der Waals surface area contributed by atoms with Gasteiger partial charge in [-0.05, 0) is 24.7 Å². The van der Waals surface area contributed by atoms with Crippen LogP contribution < -0.4 is 11.3 Å². The minimum atomic E-state index is -0.594. The number of hydrogen-bond acceptors (Lipinski definition) is 4. The molecule has 0 saturated heterocycles. The molecule has 3 rings (SSSR count). The second kappa shape index (κ2) is 6.64. The van der Waals surface area contributed by atoms with Gasteiger partial charge in [-0.1, -0.05) is 42.5 Å². The van der Waals surface area contributed by atoms with E-state index in [-0.39, 0.29) is 5.56 Å². The number of nitrogens with zero attached hydrogens (tertiary/aromatic N) is 2. The fourth-order valence-electron chi connectivity index (χ4n) is 2.81. The summed E-state index contributed by atoms with van der Waals surface area (Å²) in [5.41, 5.74) is 6.80. The minimum Gasteiger partial charge on any atom is -0.368 e. The van der Waals surface area contributed by atoms with Crippen LogP contribution in [0, 0.1) is 0 Å². The number of carbonyl (C=O) groups excluding carboxylic acids is 1. The van der Waals surface area contributed by atoms with Crippen LogP contribution in [0.15, 0.2) is 59.4 Å². The number of hydrogen-bond donors (Lipinski definition) is 2. The number of H-pyrrole nitrogens is 1. The first-order valence-electron chi connectivity index (χ1n) is 7.58. The zero-order valence-corrected chi connectivity index (χ0v) is 13.3. The van der Waals surface area contributed by atoms with Crippen LogP contribution >= 0.6 is 0 Å². The molecule has 6 heteroatoms. The van der Waals surface area contributed by atoms with Crippen molar-refractivity contribution in [2.45, 2.75) is 12.6 Å². The second-order valence-electron chi connectivity index (χ2n) is 5.66. The Bertz CT molecular complexity index is 921. The maximum atomic E-state index is 12.1. The monoisotopic (exact) mass is 322 g/mol. The van der Waals surface area contributed by atoms with Crippen molar-refractivity contribution in [1.82, 2.24) is 14.9 Å². The molecule has 24 heavy (non-hydrogen) atoms. The Morgan fingerprint density at radius 2 is 1.83 bits per heavy atom. The third-order valence-electron chi connectivity index (χ3n) is 3.89. The molecule has 6 nitrogen and oxygen atoms in total. The molecule has 1 atom stereocenters. The third kappa shape index (κ3) is 3.18. The average Bonchev–Trinajstić information content (AvgIpc) is 2.55. The van der Waals surface area contributed by atoms with E-state index in [2.05, 4.69) is 9.97 Å². The summed E-state index contributed by atoms with van der Waals surface area (Å²) in [5.74, 6) is 0.0372. The summed E-state index contributed by atoms with van der Waals surface area (Å²) in [7, 11) is 1.78. The van der Waals surface area contributed by atoms with Crippen LogP contribution in [0.5, 0.6) is 0 Å². The van der Waals surface area contributed by atoms with Gasteiger partial charge in [0, 0.05) is 0 Å². The number of carbonyl (C=O) groups is 1. The van der Waals surface area contributed by atoms with Crippen molar-refractivity contribution < 1.29 is 4.79 Å². The highest BCUT2D eigenvalue weighted by Gasteiger charge is 2.23. The fraction of sp³-hybridized carbons (Fsp3) is 0.167. The summed E-state index contributed by atoms with van der Waals surface area (Å²) in [4.78, 5) is 33.0. The Morgan fingerprint density at radius 1 is 1.17 bits per heavy atom. The molecule has 0 aliphatic carbocycles. The maximum absolute atomic E-state index is 12.1. The van der Waals surface area contributed by atoms with Crippen molar-refractivity contribution in [2.75, 3.05) is 7.05 Å². The van der Waals surface area contributed by atoms with Crippen molar-refractivity contribution in [2.24, 2.45) is 5.73 Å². The Labute approximate surface area is 138 Å². The lowest BCUT2D eigenvalue weighted by Crippen LogP contribution is -2.35. The molecule has 3 N–H and O–H groups in total. The predicted octanol–water partition coefficient (Wildman–Crippen LogP) is 1.58. The van der Waals surface area contributed by atoms with Gasteiger partial charge in [-0.15, -0.1) is 0 Å². The Balaban J connectivity index is 1.92. The molecular weight excluding hydrogens is 304 g/mol. The molecule has 0 fully saturated rings. The van der Waals surface area contributed by atoms with Gasteiger partial charge in [0.1, 0.15) is 11.9 Å². The van der Waals surface area contributed by atoms with Gasteiger partial charge in [0.05, 0.1) is 17.4 Å². The second-order valence-corrected chi connectivity index (χ2v) is 5.66. The Kier molecular flexibility index (Phi) is 4.39. The van der Waals surface area contributed by atoms with Crippen molar-refractivity contribution in [3.63, 3.8) is 0 Å². The van der Waals surface area contributed by atoms with Gasteiger partial charge in [0.2, 0.25) is 5.91 Å². The maximum Gasteiger partial charge on any atom is 0.258 e. The number of para-hydroxylation sites is 1. The van der Waals surface area contributed by atoms with E-state index in [1.165, 1.54) is 0 Å². The lowest BCUT2D eigenvalue weighted by molar-refractivity contribution is -0.123. The highest BCUT2D eigenvalue weighted by Crippen LogP contribution is 2.20. The molecule has 2 aromatic carbocycles. The Hall–Kier alpha value is -2.99. The van der Waals surface area contributed by atoms with Gasteiger partial charge in [0.15, 0.2) is 0 Å². The Morgan fingerprint density at radius 3 is 2.54 bits per heavy atom. The van der Waals surface area contributed by atoms with Crippen molar-refractivity contribution >= 4 is 16.8 Å². The van der Waals surface area contributed by atoms with Gasteiger partial charge < -0.3 is 10.7 Å².